The van der Waals surface area contributed by atoms with Crippen LogP contribution in [-0.4, -0.2) is 89.4 Å². The summed E-state index contributed by atoms with van der Waals surface area (Å²) in [6.07, 6.45) is 7.26. The van der Waals surface area contributed by atoms with Crippen LogP contribution in [0.15, 0.2) is 42.5 Å². The van der Waals surface area contributed by atoms with Crippen LogP contribution in [0.25, 0.3) is 0 Å². The molecule has 4 rings (SSSR count). The first kappa shape index (κ1) is 36.4. The maximum absolute atomic E-state index is 14.4. The van der Waals surface area contributed by atoms with Crippen molar-refractivity contribution in [2.24, 2.45) is 11.8 Å². The molecule has 0 unspecified atom stereocenters. The zero-order valence-electron chi connectivity index (χ0n) is 28.5. The summed E-state index contributed by atoms with van der Waals surface area (Å²) >= 11 is 0. The molecule has 1 aliphatic heterocycles. The number of fused-ring (bicyclic) bond motifs is 1. The van der Waals surface area contributed by atoms with Gasteiger partial charge in [0.25, 0.3) is 5.91 Å². The van der Waals surface area contributed by atoms with E-state index in [0.29, 0.717) is 43.2 Å². The molecule has 2 aromatic carbocycles. The number of carboxylic acids is 1. The van der Waals surface area contributed by atoms with Crippen LogP contribution < -0.4 is 10.1 Å². The SMILES string of the molecule is C[C@@H]1CCCCO[C@@H](CN(C)Cc2ccc(C(=O)O)cc2)[C@@H](C)CN([C@H](C)CO)C(=O)c2cc(NC(=O)C3CCCCC3)ccc2O1. The van der Waals surface area contributed by atoms with Crippen molar-refractivity contribution in [1.82, 2.24) is 9.80 Å². The third kappa shape index (κ3) is 10.5. The Kier molecular flexibility index (Phi) is 13.6. The average Bonchev–Trinajstić information content (AvgIpc) is 3.06. The third-order valence-electron chi connectivity index (χ3n) is 9.44. The fraction of sp³-hybridized carbons (Fsp3) is 0.595. The van der Waals surface area contributed by atoms with Gasteiger partial charge in [0, 0.05) is 43.8 Å². The summed E-state index contributed by atoms with van der Waals surface area (Å²) in [5.41, 5.74) is 2.17. The standard InChI is InChI=1S/C37H53N3O7/c1-25-21-40(26(2)24-41)36(43)32-20-31(38-35(42)29-11-6-5-7-12-29)17-18-33(32)47-27(3)10-8-9-19-46-34(25)23-39(4)22-28-13-15-30(16-14-28)37(44)45/h13-18,20,25-27,29,34,41H,5-12,19,21-24H2,1-4H3,(H,38,42)(H,44,45)/t25-,26+,27+,34-/m0/s1. The number of aromatic carboxylic acids is 1. The Balaban J connectivity index is 1.57. The molecular weight excluding hydrogens is 598 g/mol. The lowest BCUT2D eigenvalue weighted by Gasteiger charge is -2.36. The number of carboxylic acid groups (broad SMARTS) is 1. The van der Waals surface area contributed by atoms with E-state index < -0.39 is 12.0 Å². The number of aliphatic hydroxyl groups is 1. The van der Waals surface area contributed by atoms with Crippen molar-refractivity contribution in [2.45, 2.75) is 96.9 Å². The largest absolute Gasteiger partial charge is 0.490 e. The second-order valence-corrected chi connectivity index (χ2v) is 13.5. The Bertz CT molecular complexity index is 1330. The Labute approximate surface area is 279 Å². The van der Waals surface area contributed by atoms with E-state index in [1.165, 1.54) is 0 Å². The van der Waals surface area contributed by atoms with Gasteiger partial charge >= 0.3 is 5.97 Å². The van der Waals surface area contributed by atoms with Crippen LogP contribution in [0.3, 0.4) is 0 Å². The molecule has 0 saturated heterocycles. The van der Waals surface area contributed by atoms with Crippen LogP contribution in [0.5, 0.6) is 5.75 Å². The third-order valence-corrected chi connectivity index (χ3v) is 9.44. The highest BCUT2D eigenvalue weighted by atomic mass is 16.5. The Morgan fingerprint density at radius 3 is 2.40 bits per heavy atom. The molecule has 10 nitrogen and oxygen atoms in total. The number of carbonyl (C=O) groups is 3. The molecule has 0 aromatic heterocycles. The lowest BCUT2D eigenvalue weighted by Crippen LogP contribution is -2.47. The minimum atomic E-state index is -0.952. The van der Waals surface area contributed by atoms with Gasteiger partial charge in [-0.3, -0.25) is 14.5 Å². The zero-order chi connectivity index (χ0) is 33.9. The maximum Gasteiger partial charge on any atom is 0.335 e. The number of hydrogen-bond donors (Lipinski definition) is 3. The first-order valence-corrected chi connectivity index (χ1v) is 17.2. The topological polar surface area (TPSA) is 129 Å². The van der Waals surface area contributed by atoms with E-state index >= 15 is 0 Å². The van der Waals surface area contributed by atoms with Gasteiger partial charge in [-0.1, -0.05) is 38.3 Å². The van der Waals surface area contributed by atoms with E-state index in [-0.39, 0.29) is 48.0 Å². The van der Waals surface area contributed by atoms with Crippen LogP contribution in [0.4, 0.5) is 5.69 Å². The normalized spacial score (nSPS) is 22.6. The smallest absolute Gasteiger partial charge is 0.335 e. The second-order valence-electron chi connectivity index (χ2n) is 13.5. The van der Waals surface area contributed by atoms with Gasteiger partial charge in [-0.05, 0) is 88.9 Å². The Morgan fingerprint density at radius 2 is 1.72 bits per heavy atom. The molecular formula is C37H53N3O7. The van der Waals surface area contributed by atoms with E-state index in [2.05, 4.69) is 17.1 Å². The highest BCUT2D eigenvalue weighted by molar-refractivity contribution is 6.00. The van der Waals surface area contributed by atoms with E-state index in [9.17, 15) is 24.6 Å². The van der Waals surface area contributed by atoms with Crippen molar-refractivity contribution >= 4 is 23.5 Å². The van der Waals surface area contributed by atoms with Gasteiger partial charge in [-0.2, -0.15) is 0 Å². The van der Waals surface area contributed by atoms with Gasteiger partial charge in [0.15, 0.2) is 0 Å². The van der Waals surface area contributed by atoms with Crippen molar-refractivity contribution in [3.05, 3.63) is 59.2 Å². The fourth-order valence-corrected chi connectivity index (χ4v) is 6.51. The first-order chi connectivity index (χ1) is 22.5. The van der Waals surface area contributed by atoms with Crippen molar-refractivity contribution in [3.63, 3.8) is 0 Å². The average molecular weight is 652 g/mol. The molecule has 2 aromatic rings. The summed E-state index contributed by atoms with van der Waals surface area (Å²) < 4.78 is 12.8. The molecule has 0 bridgehead atoms. The highest BCUT2D eigenvalue weighted by Gasteiger charge is 2.31. The molecule has 258 valence electrons. The van der Waals surface area contributed by atoms with Crippen LogP contribution in [-0.2, 0) is 16.1 Å². The van der Waals surface area contributed by atoms with Crippen molar-refractivity contribution in [3.8, 4) is 5.75 Å². The Morgan fingerprint density at radius 1 is 1.02 bits per heavy atom. The summed E-state index contributed by atoms with van der Waals surface area (Å²) in [5, 5.41) is 22.5. The predicted octanol–water partition coefficient (Wildman–Crippen LogP) is 5.83. The number of rotatable bonds is 9. The first-order valence-electron chi connectivity index (χ1n) is 17.2. The quantitative estimate of drug-likeness (QED) is 0.309. The maximum atomic E-state index is 14.4. The number of likely N-dealkylation sites (N-methyl/N-ethyl adjacent to an activating group) is 1. The van der Waals surface area contributed by atoms with Crippen LogP contribution in [0.2, 0.25) is 0 Å². The van der Waals surface area contributed by atoms with Gasteiger partial charge in [-0.15, -0.1) is 0 Å². The lowest BCUT2D eigenvalue weighted by atomic mass is 9.88. The Hall–Kier alpha value is -3.47. The van der Waals surface area contributed by atoms with Crippen LogP contribution in [0.1, 0.15) is 98.4 Å². The summed E-state index contributed by atoms with van der Waals surface area (Å²) in [7, 11) is 2.00. The van der Waals surface area contributed by atoms with Crippen molar-refractivity contribution < 1.29 is 34.1 Å². The molecule has 1 fully saturated rings. The van der Waals surface area contributed by atoms with Crippen LogP contribution >= 0.6 is 0 Å². The molecule has 1 aliphatic carbocycles. The number of ether oxygens (including phenoxy) is 2. The number of amides is 2. The molecule has 1 heterocycles. The van der Waals surface area contributed by atoms with Gasteiger partial charge < -0.3 is 29.9 Å². The summed E-state index contributed by atoms with van der Waals surface area (Å²) in [6, 6.07) is 11.7. The molecule has 2 amide bonds. The number of carbonyl (C=O) groups excluding carboxylic acids is 2. The van der Waals surface area contributed by atoms with Crippen molar-refractivity contribution in [1.29, 1.82) is 0 Å². The monoisotopic (exact) mass is 651 g/mol. The minimum absolute atomic E-state index is 0.0107. The summed E-state index contributed by atoms with van der Waals surface area (Å²) in [6.45, 7) is 7.82. The molecule has 3 N–H and O–H groups in total. The molecule has 1 saturated carbocycles. The van der Waals surface area contributed by atoms with E-state index in [1.807, 2.05) is 33.0 Å². The summed E-state index contributed by atoms with van der Waals surface area (Å²) in [5.74, 6) is -0.854. The van der Waals surface area contributed by atoms with Gasteiger partial charge in [0.2, 0.25) is 5.91 Å². The van der Waals surface area contributed by atoms with Gasteiger partial charge in [0.1, 0.15) is 5.75 Å². The number of anilines is 1. The van der Waals surface area contributed by atoms with E-state index in [0.717, 1.165) is 56.9 Å². The number of nitrogens with one attached hydrogen (secondary N) is 1. The lowest BCUT2D eigenvalue weighted by molar-refractivity contribution is -0.120. The molecule has 0 radical (unpaired) electrons. The zero-order valence-corrected chi connectivity index (χ0v) is 28.5. The summed E-state index contributed by atoms with van der Waals surface area (Å²) in [4.78, 5) is 42.6. The molecule has 2 aliphatic rings. The highest BCUT2D eigenvalue weighted by Crippen LogP contribution is 2.30. The molecule has 4 atom stereocenters. The van der Waals surface area contributed by atoms with Gasteiger partial charge in [0.05, 0.1) is 36.0 Å². The van der Waals surface area contributed by atoms with Crippen LogP contribution in [0, 0.1) is 11.8 Å². The number of aliphatic hydroxyl groups excluding tert-OH is 1. The minimum Gasteiger partial charge on any atom is -0.490 e. The molecule has 47 heavy (non-hydrogen) atoms. The number of hydrogen-bond acceptors (Lipinski definition) is 7. The van der Waals surface area contributed by atoms with Crippen molar-refractivity contribution in [2.75, 3.05) is 38.7 Å². The number of benzene rings is 2. The second kappa shape index (κ2) is 17.6. The molecule has 10 heteroatoms. The van der Waals surface area contributed by atoms with Gasteiger partial charge in [-0.25, -0.2) is 4.79 Å². The van der Waals surface area contributed by atoms with E-state index in [4.69, 9.17) is 9.47 Å². The number of nitrogens with zero attached hydrogens (tertiary/aromatic N) is 2. The molecule has 0 spiro atoms. The predicted molar refractivity (Wildman–Crippen MR) is 182 cm³/mol. The van der Waals surface area contributed by atoms with E-state index in [1.54, 1.807) is 35.2 Å². The fourth-order valence-electron chi connectivity index (χ4n) is 6.51.